The van der Waals surface area contributed by atoms with E-state index in [4.69, 9.17) is 5.11 Å². The Labute approximate surface area is 98.9 Å². The van der Waals surface area contributed by atoms with Gasteiger partial charge in [-0.25, -0.2) is 0 Å². The molecule has 0 bridgehead atoms. The Balaban J connectivity index is 1.91. The number of nitrogens with one attached hydrogen (secondary N) is 1. The summed E-state index contributed by atoms with van der Waals surface area (Å²) in [5, 5.41) is 11.7. The summed E-state index contributed by atoms with van der Waals surface area (Å²) in [6, 6.07) is 5.08. The molecule has 2 N–H and O–H groups in total. The second-order valence-electron chi connectivity index (χ2n) is 4.23. The molecular formula is C12H14N2O3. The van der Waals surface area contributed by atoms with E-state index < -0.39 is 5.97 Å². The van der Waals surface area contributed by atoms with E-state index in [2.05, 4.69) is 10.3 Å². The van der Waals surface area contributed by atoms with Crippen LogP contribution in [0.1, 0.15) is 29.8 Å². The average molecular weight is 234 g/mol. The van der Waals surface area contributed by atoms with Crippen molar-refractivity contribution >= 4 is 11.9 Å². The number of nitrogens with zero attached hydrogens (tertiary/aromatic N) is 1. The fraction of sp³-hybridized carbons (Fsp3) is 0.417. The Morgan fingerprint density at radius 3 is 2.76 bits per heavy atom. The Bertz CT molecular complexity index is 419. The van der Waals surface area contributed by atoms with E-state index in [9.17, 15) is 9.59 Å². The number of hydrogen-bond acceptors (Lipinski definition) is 3. The summed E-state index contributed by atoms with van der Waals surface area (Å²) in [5.74, 6) is -1.34. The molecule has 5 nitrogen and oxygen atoms in total. The normalized spacial score (nSPS) is 23.3. The van der Waals surface area contributed by atoms with E-state index in [-0.39, 0.29) is 17.9 Å². The number of carboxylic acids is 1. The molecule has 17 heavy (non-hydrogen) atoms. The number of amides is 1. The number of carboxylic acid groups (broad SMARTS) is 1. The predicted octanol–water partition coefficient (Wildman–Crippen LogP) is 1.06. The number of carbonyl (C=O) groups excluding carboxylic acids is 1. The Morgan fingerprint density at radius 2 is 2.18 bits per heavy atom. The molecule has 90 valence electrons. The molecule has 2 atom stereocenters. The van der Waals surface area contributed by atoms with Crippen LogP contribution in [0.25, 0.3) is 0 Å². The third kappa shape index (κ3) is 2.81. The molecule has 0 radical (unpaired) electrons. The van der Waals surface area contributed by atoms with Gasteiger partial charge in [-0.3, -0.25) is 14.6 Å². The number of aromatic nitrogens is 1. The van der Waals surface area contributed by atoms with E-state index in [1.54, 1.807) is 24.4 Å². The van der Waals surface area contributed by atoms with Crippen LogP contribution >= 0.6 is 0 Å². The largest absolute Gasteiger partial charge is 0.481 e. The van der Waals surface area contributed by atoms with E-state index in [1.165, 1.54) is 0 Å². The zero-order valence-corrected chi connectivity index (χ0v) is 9.30. The minimum Gasteiger partial charge on any atom is -0.481 e. The highest BCUT2D eigenvalue weighted by molar-refractivity contribution is 5.92. The minimum atomic E-state index is -0.778. The molecule has 1 amide bonds. The summed E-state index contributed by atoms with van der Waals surface area (Å²) < 4.78 is 0. The van der Waals surface area contributed by atoms with Crippen molar-refractivity contribution < 1.29 is 14.7 Å². The van der Waals surface area contributed by atoms with Crippen molar-refractivity contribution in [3.63, 3.8) is 0 Å². The molecule has 0 aliphatic heterocycles. The first-order valence-electron chi connectivity index (χ1n) is 5.61. The molecule has 2 unspecified atom stereocenters. The van der Waals surface area contributed by atoms with Crippen molar-refractivity contribution in [3.8, 4) is 0 Å². The van der Waals surface area contributed by atoms with Crippen LogP contribution < -0.4 is 5.32 Å². The molecule has 0 aromatic carbocycles. The van der Waals surface area contributed by atoms with Crippen LogP contribution in [0, 0.1) is 5.92 Å². The second-order valence-corrected chi connectivity index (χ2v) is 4.23. The SMILES string of the molecule is O=C(NC1CCC(C(=O)O)C1)c1ccccn1. The highest BCUT2D eigenvalue weighted by Crippen LogP contribution is 2.25. The van der Waals surface area contributed by atoms with Gasteiger partial charge < -0.3 is 10.4 Å². The topological polar surface area (TPSA) is 79.3 Å². The molecule has 2 rings (SSSR count). The van der Waals surface area contributed by atoms with Gasteiger partial charge >= 0.3 is 5.97 Å². The van der Waals surface area contributed by atoms with Gasteiger partial charge in [-0.05, 0) is 31.4 Å². The summed E-state index contributed by atoms with van der Waals surface area (Å²) in [6.45, 7) is 0. The zero-order valence-electron chi connectivity index (χ0n) is 9.30. The Morgan fingerprint density at radius 1 is 1.35 bits per heavy atom. The lowest BCUT2D eigenvalue weighted by Gasteiger charge is -2.11. The van der Waals surface area contributed by atoms with Crippen molar-refractivity contribution in [2.24, 2.45) is 5.92 Å². The van der Waals surface area contributed by atoms with Crippen LogP contribution in [-0.4, -0.2) is 28.0 Å². The number of pyridine rings is 1. The molecule has 1 aromatic heterocycles. The number of hydrogen-bond donors (Lipinski definition) is 2. The van der Waals surface area contributed by atoms with E-state index in [1.807, 2.05) is 0 Å². The minimum absolute atomic E-state index is 0.0504. The Kier molecular flexibility index (Phi) is 3.37. The van der Waals surface area contributed by atoms with E-state index >= 15 is 0 Å². The molecule has 1 heterocycles. The van der Waals surface area contributed by atoms with Crippen molar-refractivity contribution in [2.45, 2.75) is 25.3 Å². The first-order valence-corrected chi connectivity index (χ1v) is 5.61. The van der Waals surface area contributed by atoms with Gasteiger partial charge in [-0.2, -0.15) is 0 Å². The molecule has 0 saturated heterocycles. The first kappa shape index (κ1) is 11.6. The maximum Gasteiger partial charge on any atom is 0.306 e. The molecule has 1 aromatic rings. The summed E-state index contributed by atoms with van der Waals surface area (Å²) >= 11 is 0. The van der Waals surface area contributed by atoms with Crippen molar-refractivity contribution in [1.29, 1.82) is 0 Å². The molecule has 1 aliphatic rings. The number of rotatable bonds is 3. The van der Waals surface area contributed by atoms with Gasteiger partial charge in [0.05, 0.1) is 5.92 Å². The highest BCUT2D eigenvalue weighted by Gasteiger charge is 2.30. The van der Waals surface area contributed by atoms with Gasteiger partial charge in [-0.15, -0.1) is 0 Å². The molecule has 1 saturated carbocycles. The third-order valence-electron chi connectivity index (χ3n) is 3.01. The van der Waals surface area contributed by atoms with Crippen LogP contribution in [0.15, 0.2) is 24.4 Å². The standard InChI is InChI=1S/C12H14N2O3/c15-11(10-3-1-2-6-13-10)14-9-5-4-8(7-9)12(16)17/h1-3,6,8-9H,4-5,7H2,(H,14,15)(H,16,17). The van der Waals surface area contributed by atoms with Crippen molar-refractivity contribution in [3.05, 3.63) is 30.1 Å². The summed E-state index contributed by atoms with van der Waals surface area (Å²) in [5.41, 5.74) is 0.367. The van der Waals surface area contributed by atoms with Gasteiger partial charge in [0, 0.05) is 12.2 Å². The maximum absolute atomic E-state index is 11.8. The zero-order chi connectivity index (χ0) is 12.3. The van der Waals surface area contributed by atoms with Crippen molar-refractivity contribution in [2.75, 3.05) is 0 Å². The fourth-order valence-corrected chi connectivity index (χ4v) is 2.09. The number of carbonyl (C=O) groups is 2. The van der Waals surface area contributed by atoms with Crippen LogP contribution in [0.4, 0.5) is 0 Å². The molecule has 1 fully saturated rings. The van der Waals surface area contributed by atoms with Crippen LogP contribution in [0.3, 0.4) is 0 Å². The van der Waals surface area contributed by atoms with Crippen LogP contribution in [0.5, 0.6) is 0 Å². The van der Waals surface area contributed by atoms with Gasteiger partial charge in [0.2, 0.25) is 0 Å². The lowest BCUT2D eigenvalue weighted by Crippen LogP contribution is -2.33. The van der Waals surface area contributed by atoms with Gasteiger partial charge in [-0.1, -0.05) is 6.07 Å². The van der Waals surface area contributed by atoms with Crippen molar-refractivity contribution in [1.82, 2.24) is 10.3 Å². The molecule has 0 spiro atoms. The lowest BCUT2D eigenvalue weighted by atomic mass is 10.1. The highest BCUT2D eigenvalue weighted by atomic mass is 16.4. The quantitative estimate of drug-likeness (QED) is 0.819. The Hall–Kier alpha value is -1.91. The first-order chi connectivity index (χ1) is 8.16. The summed E-state index contributed by atoms with van der Waals surface area (Å²) in [4.78, 5) is 26.5. The molecule has 1 aliphatic carbocycles. The lowest BCUT2D eigenvalue weighted by molar-refractivity contribution is -0.141. The monoisotopic (exact) mass is 234 g/mol. The number of aliphatic carboxylic acids is 1. The fourth-order valence-electron chi connectivity index (χ4n) is 2.09. The summed E-state index contributed by atoms with van der Waals surface area (Å²) in [6.07, 6.45) is 3.41. The average Bonchev–Trinajstić information content (AvgIpc) is 2.79. The van der Waals surface area contributed by atoms with Gasteiger partial charge in [0.15, 0.2) is 0 Å². The predicted molar refractivity (Wildman–Crippen MR) is 60.5 cm³/mol. The van der Waals surface area contributed by atoms with Crippen LogP contribution in [0.2, 0.25) is 0 Å². The van der Waals surface area contributed by atoms with E-state index in [0.717, 1.165) is 6.42 Å². The molecular weight excluding hydrogens is 220 g/mol. The summed E-state index contributed by atoms with van der Waals surface area (Å²) in [7, 11) is 0. The molecule has 5 heteroatoms. The smallest absolute Gasteiger partial charge is 0.306 e. The van der Waals surface area contributed by atoms with Gasteiger partial charge in [0.25, 0.3) is 5.91 Å². The van der Waals surface area contributed by atoms with Crippen LogP contribution in [-0.2, 0) is 4.79 Å². The second kappa shape index (κ2) is 4.95. The maximum atomic E-state index is 11.8. The van der Waals surface area contributed by atoms with Gasteiger partial charge in [0.1, 0.15) is 5.69 Å². The third-order valence-corrected chi connectivity index (χ3v) is 3.01. The van der Waals surface area contributed by atoms with E-state index in [0.29, 0.717) is 18.5 Å².